The third kappa shape index (κ3) is 4.36. The van der Waals surface area contributed by atoms with Crippen LogP contribution >= 0.6 is 23.4 Å². The Kier molecular flexibility index (Phi) is 6.71. The van der Waals surface area contributed by atoms with E-state index >= 15 is 0 Å². The fourth-order valence-corrected chi connectivity index (χ4v) is 3.51. The molecule has 0 aliphatic rings. The summed E-state index contributed by atoms with van der Waals surface area (Å²) >= 11 is 7.93. The second-order valence-electron chi connectivity index (χ2n) is 5.95. The van der Waals surface area contributed by atoms with Crippen LogP contribution in [-0.2, 0) is 11.3 Å². The molecule has 1 heterocycles. The second kappa shape index (κ2) is 9.24. The lowest BCUT2D eigenvalue weighted by Gasteiger charge is -2.15. The number of halogens is 1. The van der Waals surface area contributed by atoms with Crippen LogP contribution < -0.4 is 14.2 Å². The minimum absolute atomic E-state index is 0.0254. The van der Waals surface area contributed by atoms with Crippen molar-refractivity contribution in [1.82, 2.24) is 4.98 Å². The van der Waals surface area contributed by atoms with Crippen molar-refractivity contribution in [2.45, 2.75) is 11.5 Å². The third-order valence-corrected chi connectivity index (χ3v) is 5.39. The molecule has 0 spiro atoms. The van der Waals surface area contributed by atoms with Gasteiger partial charge in [0.2, 0.25) is 5.75 Å². The number of aromatic nitrogens is 1. The van der Waals surface area contributed by atoms with Gasteiger partial charge < -0.3 is 18.9 Å². The van der Waals surface area contributed by atoms with Crippen molar-refractivity contribution in [3.63, 3.8) is 0 Å². The average molecular weight is 434 g/mol. The monoisotopic (exact) mass is 433 g/mol. The number of nitrogens with zero attached hydrogens (tertiary/aromatic N) is 1. The van der Waals surface area contributed by atoms with Gasteiger partial charge in [-0.1, -0.05) is 17.7 Å². The number of hydrogen-bond acceptors (Lipinski definition) is 7. The van der Waals surface area contributed by atoms with Gasteiger partial charge in [0, 0.05) is 15.8 Å². The Labute approximate surface area is 178 Å². The smallest absolute Gasteiger partial charge is 0.342 e. The fourth-order valence-electron chi connectivity index (χ4n) is 2.88. The van der Waals surface area contributed by atoms with E-state index in [0.29, 0.717) is 22.2 Å². The second-order valence-corrected chi connectivity index (χ2v) is 7.19. The summed E-state index contributed by atoms with van der Waals surface area (Å²) in [6.45, 7) is -0.0254. The quantitative estimate of drug-likeness (QED) is 0.295. The third-order valence-electron chi connectivity index (χ3n) is 4.33. The molecule has 29 heavy (non-hydrogen) atoms. The molecule has 0 unspecified atom stereocenters. The van der Waals surface area contributed by atoms with Gasteiger partial charge in [0.15, 0.2) is 11.5 Å². The number of carbonyl (C=O) groups is 1. The van der Waals surface area contributed by atoms with Crippen molar-refractivity contribution in [2.75, 3.05) is 27.6 Å². The number of carbonyl (C=O) groups excluding carboxylic acids is 1. The predicted molar refractivity (Wildman–Crippen MR) is 114 cm³/mol. The molecule has 0 atom stereocenters. The minimum atomic E-state index is -0.573. The highest BCUT2D eigenvalue weighted by Crippen LogP contribution is 2.40. The number of fused-ring (bicyclic) bond motifs is 1. The lowest BCUT2D eigenvalue weighted by molar-refractivity contribution is 0.0468. The van der Waals surface area contributed by atoms with E-state index in [2.05, 4.69) is 4.98 Å². The van der Waals surface area contributed by atoms with Gasteiger partial charge in [0.1, 0.15) is 17.3 Å². The highest BCUT2D eigenvalue weighted by atomic mass is 35.5. The molecule has 2 aromatic carbocycles. The van der Waals surface area contributed by atoms with Crippen molar-refractivity contribution in [3.8, 4) is 17.2 Å². The summed E-state index contributed by atoms with van der Waals surface area (Å²) in [6, 6.07) is 11.0. The number of ether oxygens (including phenoxy) is 4. The number of rotatable bonds is 7. The molecule has 3 rings (SSSR count). The van der Waals surface area contributed by atoms with Gasteiger partial charge in [-0.3, -0.25) is 0 Å². The zero-order valence-corrected chi connectivity index (χ0v) is 18.0. The first-order chi connectivity index (χ1) is 14.0. The highest BCUT2D eigenvalue weighted by Gasteiger charge is 2.22. The number of esters is 1. The van der Waals surface area contributed by atoms with Crippen LogP contribution in [-0.4, -0.2) is 38.5 Å². The zero-order valence-electron chi connectivity index (χ0n) is 16.4. The van der Waals surface area contributed by atoms with Crippen molar-refractivity contribution >= 4 is 40.2 Å². The van der Waals surface area contributed by atoms with Gasteiger partial charge in [-0.25, -0.2) is 9.78 Å². The van der Waals surface area contributed by atoms with E-state index < -0.39 is 5.97 Å². The molecule has 3 aromatic rings. The summed E-state index contributed by atoms with van der Waals surface area (Å²) in [7, 11) is 4.42. The van der Waals surface area contributed by atoms with E-state index in [9.17, 15) is 4.79 Å². The Bertz CT molecular complexity index is 1060. The van der Waals surface area contributed by atoms with Gasteiger partial charge in [-0.2, -0.15) is 0 Å². The standard InChI is InChI=1S/C21H20ClNO5S/c1-25-17-8-7-15(18(26-2)19(17)27-3)21(24)28-11-13-9-12-5-6-14(29-4)10-16(12)23-20(13)22/h5-10H,11H2,1-4H3. The Hall–Kier alpha value is -2.64. The number of thioether (sulfide) groups is 1. The SMILES string of the molecule is COc1ccc(C(=O)OCc2cc3ccc(SC)cc3nc2Cl)c(OC)c1OC. The molecule has 6 nitrogen and oxygen atoms in total. The van der Waals surface area contributed by atoms with Crippen LogP contribution in [0.2, 0.25) is 5.15 Å². The number of pyridine rings is 1. The first-order valence-electron chi connectivity index (χ1n) is 8.61. The van der Waals surface area contributed by atoms with Crippen molar-refractivity contribution in [3.05, 3.63) is 52.7 Å². The summed E-state index contributed by atoms with van der Waals surface area (Å²) < 4.78 is 21.3. The summed E-state index contributed by atoms with van der Waals surface area (Å²) in [6.07, 6.45) is 2.00. The predicted octanol–water partition coefficient (Wildman–Crippen LogP) is 4.99. The number of benzene rings is 2. The molecule has 0 amide bonds. The largest absolute Gasteiger partial charge is 0.493 e. The Morgan fingerprint density at radius 2 is 1.79 bits per heavy atom. The van der Waals surface area contributed by atoms with Crippen LogP contribution in [0.4, 0.5) is 0 Å². The lowest BCUT2D eigenvalue weighted by atomic mass is 10.1. The lowest BCUT2D eigenvalue weighted by Crippen LogP contribution is -2.09. The fraction of sp³-hybridized carbons (Fsp3) is 0.238. The van der Waals surface area contributed by atoms with E-state index in [1.165, 1.54) is 21.3 Å². The van der Waals surface area contributed by atoms with Crippen LogP contribution in [0.15, 0.2) is 41.3 Å². The van der Waals surface area contributed by atoms with Crippen LogP contribution in [0.5, 0.6) is 17.2 Å². The molecule has 0 bridgehead atoms. The molecular weight excluding hydrogens is 414 g/mol. The molecule has 0 radical (unpaired) electrons. The molecule has 0 N–H and O–H groups in total. The minimum Gasteiger partial charge on any atom is -0.493 e. The Balaban J connectivity index is 1.85. The zero-order chi connectivity index (χ0) is 21.0. The topological polar surface area (TPSA) is 66.9 Å². The molecule has 152 valence electrons. The molecule has 1 aromatic heterocycles. The number of hydrogen-bond donors (Lipinski definition) is 0. The highest BCUT2D eigenvalue weighted by molar-refractivity contribution is 7.98. The van der Waals surface area contributed by atoms with Gasteiger partial charge in [0.05, 0.1) is 26.8 Å². The van der Waals surface area contributed by atoms with Crippen LogP contribution in [0, 0.1) is 0 Å². The first-order valence-corrected chi connectivity index (χ1v) is 10.2. The van der Waals surface area contributed by atoms with Crippen molar-refractivity contribution < 1.29 is 23.7 Å². The van der Waals surface area contributed by atoms with Crippen LogP contribution in [0.25, 0.3) is 10.9 Å². The maximum atomic E-state index is 12.7. The van der Waals surface area contributed by atoms with Gasteiger partial charge in [0.25, 0.3) is 0 Å². The van der Waals surface area contributed by atoms with Gasteiger partial charge >= 0.3 is 5.97 Å². The molecule has 0 saturated carbocycles. The average Bonchev–Trinajstić information content (AvgIpc) is 2.75. The number of methoxy groups -OCH3 is 3. The van der Waals surface area contributed by atoms with E-state index in [1.54, 1.807) is 23.9 Å². The maximum Gasteiger partial charge on any atom is 0.342 e. The van der Waals surface area contributed by atoms with E-state index in [4.69, 9.17) is 30.5 Å². The molecule has 8 heteroatoms. The molecule has 0 saturated heterocycles. The Morgan fingerprint density at radius 3 is 2.45 bits per heavy atom. The van der Waals surface area contributed by atoms with E-state index in [0.717, 1.165) is 15.8 Å². The summed E-state index contributed by atoms with van der Waals surface area (Å²) in [5.74, 6) is 0.438. The maximum absolute atomic E-state index is 12.7. The summed E-state index contributed by atoms with van der Waals surface area (Å²) in [4.78, 5) is 18.2. The van der Waals surface area contributed by atoms with Gasteiger partial charge in [-0.15, -0.1) is 11.8 Å². The van der Waals surface area contributed by atoms with Crippen molar-refractivity contribution in [2.24, 2.45) is 0 Å². The van der Waals surface area contributed by atoms with Crippen LogP contribution in [0.3, 0.4) is 0 Å². The van der Waals surface area contributed by atoms with Crippen molar-refractivity contribution in [1.29, 1.82) is 0 Å². The van der Waals surface area contributed by atoms with Gasteiger partial charge in [-0.05, 0) is 36.6 Å². The first kappa shape index (κ1) is 21.1. The summed E-state index contributed by atoms with van der Waals surface area (Å²) in [5, 5.41) is 1.21. The molecule has 0 aliphatic heterocycles. The molecule has 0 fully saturated rings. The summed E-state index contributed by atoms with van der Waals surface area (Å²) in [5.41, 5.74) is 1.63. The Morgan fingerprint density at radius 1 is 1.03 bits per heavy atom. The molecule has 0 aliphatic carbocycles. The van der Waals surface area contributed by atoms with E-state index in [1.807, 2.05) is 30.5 Å². The van der Waals surface area contributed by atoms with E-state index in [-0.39, 0.29) is 17.9 Å². The van der Waals surface area contributed by atoms with Crippen LogP contribution in [0.1, 0.15) is 15.9 Å². The molecular formula is C21H20ClNO5S. The normalized spacial score (nSPS) is 10.7.